The van der Waals surface area contributed by atoms with E-state index in [4.69, 9.17) is 5.73 Å². The van der Waals surface area contributed by atoms with Gasteiger partial charge in [-0.15, -0.1) is 0 Å². The minimum Gasteiger partial charge on any atom is -0.370 e. The number of imide groups is 1. The second-order valence-electron chi connectivity index (χ2n) is 5.74. The van der Waals surface area contributed by atoms with Crippen molar-refractivity contribution in [1.82, 2.24) is 10.2 Å². The second kappa shape index (κ2) is 7.76. The number of carbonyl (C=O) groups excluding carboxylic acids is 2. The van der Waals surface area contributed by atoms with Crippen LogP contribution in [-0.4, -0.2) is 41.8 Å². The number of hydrogen-bond donors (Lipinski definition) is 2. The molecule has 0 aromatic heterocycles. The number of aliphatic imine (C=N–C) groups is 1. The Hall–Kier alpha value is -2.37. The van der Waals surface area contributed by atoms with E-state index in [-0.39, 0.29) is 11.8 Å². The molecule has 6 nitrogen and oxygen atoms in total. The lowest BCUT2D eigenvalue weighted by atomic mass is 10.1. The molecule has 1 aliphatic rings. The van der Waals surface area contributed by atoms with Gasteiger partial charge in [0.1, 0.15) is 0 Å². The lowest BCUT2D eigenvalue weighted by Crippen LogP contribution is -2.38. The Morgan fingerprint density at radius 1 is 1.22 bits per heavy atom. The number of amides is 2. The number of nitrogens with zero attached hydrogens (tertiary/aromatic N) is 2. The first-order valence-electron chi connectivity index (χ1n) is 8.06. The third-order valence-corrected chi connectivity index (χ3v) is 3.96. The van der Waals surface area contributed by atoms with Crippen molar-refractivity contribution in [2.75, 3.05) is 13.1 Å². The molecule has 1 heterocycles. The van der Waals surface area contributed by atoms with Gasteiger partial charge in [-0.1, -0.05) is 19.1 Å². The van der Waals surface area contributed by atoms with E-state index in [1.165, 1.54) is 4.90 Å². The molecule has 0 aliphatic carbocycles. The highest BCUT2D eigenvalue weighted by molar-refractivity contribution is 6.21. The van der Waals surface area contributed by atoms with Gasteiger partial charge < -0.3 is 11.1 Å². The fourth-order valence-electron chi connectivity index (χ4n) is 2.42. The summed E-state index contributed by atoms with van der Waals surface area (Å²) < 4.78 is 0. The molecule has 124 valence electrons. The van der Waals surface area contributed by atoms with Crippen LogP contribution in [0.2, 0.25) is 0 Å². The van der Waals surface area contributed by atoms with Crippen LogP contribution in [0, 0.1) is 0 Å². The molecule has 3 N–H and O–H groups in total. The largest absolute Gasteiger partial charge is 0.370 e. The number of nitrogens with one attached hydrogen (secondary N) is 1. The molecule has 1 aromatic rings. The SMILES string of the molecule is CCC(C)NC(N)=NCCCCN1C(=O)c2ccccc2C1=O. The predicted molar refractivity (Wildman–Crippen MR) is 90.4 cm³/mol. The van der Waals surface area contributed by atoms with Gasteiger partial charge in [0.15, 0.2) is 5.96 Å². The number of rotatable bonds is 7. The fourth-order valence-corrected chi connectivity index (χ4v) is 2.42. The first-order valence-corrected chi connectivity index (χ1v) is 8.06. The van der Waals surface area contributed by atoms with Gasteiger partial charge in [0.25, 0.3) is 11.8 Å². The van der Waals surface area contributed by atoms with E-state index in [1.807, 2.05) is 6.92 Å². The Morgan fingerprint density at radius 3 is 2.39 bits per heavy atom. The van der Waals surface area contributed by atoms with E-state index in [2.05, 4.69) is 17.2 Å². The third kappa shape index (κ3) is 4.09. The molecule has 6 heteroatoms. The average Bonchev–Trinajstić information content (AvgIpc) is 2.79. The molecule has 2 amide bonds. The minimum atomic E-state index is -0.202. The molecular formula is C17H24N4O2. The quantitative estimate of drug-likeness (QED) is 0.347. The number of carbonyl (C=O) groups is 2. The van der Waals surface area contributed by atoms with E-state index in [9.17, 15) is 9.59 Å². The van der Waals surface area contributed by atoms with Gasteiger partial charge in [-0.25, -0.2) is 0 Å². The van der Waals surface area contributed by atoms with E-state index in [0.717, 1.165) is 12.8 Å². The molecule has 0 bridgehead atoms. The summed E-state index contributed by atoms with van der Waals surface area (Å²) in [5.74, 6) is 0.0409. The number of hydrogen-bond acceptors (Lipinski definition) is 3. The maximum absolute atomic E-state index is 12.2. The van der Waals surface area contributed by atoms with Gasteiger partial charge >= 0.3 is 0 Å². The Bertz CT molecular complexity index is 577. The Kier molecular flexibility index (Phi) is 5.73. The number of nitrogens with two attached hydrogens (primary N) is 1. The standard InChI is InChI=1S/C17H24N4O2/c1-3-12(2)20-17(18)19-10-6-7-11-21-15(22)13-8-4-5-9-14(13)16(21)23/h4-5,8-9,12H,3,6-7,10-11H2,1-2H3,(H3,18,19,20). The summed E-state index contributed by atoms with van der Waals surface area (Å²) in [5.41, 5.74) is 6.77. The summed E-state index contributed by atoms with van der Waals surface area (Å²) in [6, 6.07) is 7.24. The molecule has 1 aliphatic heterocycles. The number of guanidine groups is 1. The number of unbranched alkanes of at least 4 members (excludes halogenated alkanes) is 1. The first-order chi connectivity index (χ1) is 11.0. The van der Waals surface area contributed by atoms with Crippen molar-refractivity contribution >= 4 is 17.8 Å². The van der Waals surface area contributed by atoms with Gasteiger partial charge in [-0.2, -0.15) is 0 Å². The van der Waals surface area contributed by atoms with Gasteiger partial charge in [0.2, 0.25) is 0 Å². The molecule has 1 unspecified atom stereocenters. The first kappa shape index (κ1) is 17.0. The minimum absolute atomic E-state index is 0.202. The third-order valence-electron chi connectivity index (χ3n) is 3.96. The smallest absolute Gasteiger partial charge is 0.261 e. The van der Waals surface area contributed by atoms with Crippen LogP contribution in [0.25, 0.3) is 0 Å². The highest BCUT2D eigenvalue weighted by Gasteiger charge is 2.34. The van der Waals surface area contributed by atoms with Gasteiger partial charge in [0, 0.05) is 19.1 Å². The van der Waals surface area contributed by atoms with Crippen LogP contribution in [0.3, 0.4) is 0 Å². The lowest BCUT2D eigenvalue weighted by Gasteiger charge is -2.13. The normalized spacial score (nSPS) is 15.7. The topological polar surface area (TPSA) is 87.8 Å². The molecule has 1 atom stereocenters. The van der Waals surface area contributed by atoms with Crippen molar-refractivity contribution in [1.29, 1.82) is 0 Å². The van der Waals surface area contributed by atoms with Gasteiger partial charge in [-0.3, -0.25) is 19.5 Å². The Labute approximate surface area is 136 Å². The van der Waals surface area contributed by atoms with Crippen LogP contribution in [0.1, 0.15) is 53.8 Å². The lowest BCUT2D eigenvalue weighted by molar-refractivity contribution is 0.0652. The summed E-state index contributed by atoms with van der Waals surface area (Å²) in [7, 11) is 0. The second-order valence-corrected chi connectivity index (χ2v) is 5.74. The number of benzene rings is 1. The van der Waals surface area contributed by atoms with Gasteiger partial charge in [-0.05, 0) is 38.3 Å². The summed E-state index contributed by atoms with van der Waals surface area (Å²) in [6.45, 7) is 5.12. The Morgan fingerprint density at radius 2 is 1.83 bits per heavy atom. The molecule has 0 fully saturated rings. The van der Waals surface area contributed by atoms with Crippen molar-refractivity contribution in [3.05, 3.63) is 35.4 Å². The van der Waals surface area contributed by atoms with Crippen molar-refractivity contribution in [3.8, 4) is 0 Å². The van der Waals surface area contributed by atoms with Crippen LogP contribution >= 0.6 is 0 Å². The van der Waals surface area contributed by atoms with Gasteiger partial charge in [0.05, 0.1) is 11.1 Å². The van der Waals surface area contributed by atoms with Crippen LogP contribution in [0.5, 0.6) is 0 Å². The maximum Gasteiger partial charge on any atom is 0.261 e. The summed E-state index contributed by atoms with van der Waals surface area (Å²) in [4.78, 5) is 29.9. The van der Waals surface area contributed by atoms with Crippen LogP contribution in [-0.2, 0) is 0 Å². The monoisotopic (exact) mass is 316 g/mol. The summed E-state index contributed by atoms with van der Waals surface area (Å²) in [5, 5.41) is 3.10. The highest BCUT2D eigenvalue weighted by atomic mass is 16.2. The molecule has 23 heavy (non-hydrogen) atoms. The van der Waals surface area contributed by atoms with Crippen LogP contribution < -0.4 is 11.1 Å². The van der Waals surface area contributed by atoms with Crippen molar-refractivity contribution in [2.45, 2.75) is 39.2 Å². The predicted octanol–water partition coefficient (Wildman–Crippen LogP) is 1.77. The van der Waals surface area contributed by atoms with Crippen LogP contribution in [0.15, 0.2) is 29.3 Å². The summed E-state index contributed by atoms with van der Waals surface area (Å²) in [6.07, 6.45) is 2.47. The summed E-state index contributed by atoms with van der Waals surface area (Å²) >= 11 is 0. The fraction of sp³-hybridized carbons (Fsp3) is 0.471. The van der Waals surface area contributed by atoms with E-state index >= 15 is 0 Å². The Balaban J connectivity index is 1.77. The molecule has 0 radical (unpaired) electrons. The number of fused-ring (bicyclic) bond motifs is 1. The molecule has 1 aromatic carbocycles. The molecule has 0 spiro atoms. The zero-order valence-electron chi connectivity index (χ0n) is 13.7. The van der Waals surface area contributed by atoms with Crippen molar-refractivity contribution < 1.29 is 9.59 Å². The van der Waals surface area contributed by atoms with Crippen molar-refractivity contribution in [3.63, 3.8) is 0 Å². The molecule has 2 rings (SSSR count). The van der Waals surface area contributed by atoms with E-state index in [1.54, 1.807) is 24.3 Å². The van der Waals surface area contributed by atoms with Crippen LogP contribution in [0.4, 0.5) is 0 Å². The molecule has 0 saturated heterocycles. The zero-order valence-corrected chi connectivity index (χ0v) is 13.7. The maximum atomic E-state index is 12.2. The molecule has 0 saturated carbocycles. The van der Waals surface area contributed by atoms with E-state index in [0.29, 0.717) is 42.6 Å². The van der Waals surface area contributed by atoms with Crippen molar-refractivity contribution in [2.24, 2.45) is 10.7 Å². The molecular weight excluding hydrogens is 292 g/mol. The average molecular weight is 316 g/mol. The van der Waals surface area contributed by atoms with E-state index < -0.39 is 0 Å². The zero-order chi connectivity index (χ0) is 16.8. The highest BCUT2D eigenvalue weighted by Crippen LogP contribution is 2.22.